The lowest BCUT2D eigenvalue weighted by atomic mass is 10.1. The predicted molar refractivity (Wildman–Crippen MR) is 64.2 cm³/mol. The van der Waals surface area contributed by atoms with E-state index in [2.05, 4.69) is 43.2 Å². The lowest BCUT2D eigenvalue weighted by molar-refractivity contribution is 0.375. The highest BCUT2D eigenvalue weighted by atomic mass is 16.4. The van der Waals surface area contributed by atoms with Crippen LogP contribution in [0.2, 0.25) is 0 Å². The van der Waals surface area contributed by atoms with Crippen molar-refractivity contribution in [3.05, 3.63) is 11.8 Å². The van der Waals surface area contributed by atoms with E-state index in [1.54, 1.807) is 0 Å². The molecule has 1 heterocycles. The molecule has 0 bridgehead atoms. The van der Waals surface area contributed by atoms with Crippen LogP contribution in [0.25, 0.3) is 0 Å². The minimum Gasteiger partial charge on any atom is -0.424 e. The summed E-state index contributed by atoms with van der Waals surface area (Å²) in [5.41, 5.74) is 0. The Balaban J connectivity index is 2.50. The van der Waals surface area contributed by atoms with Gasteiger partial charge >= 0.3 is 0 Å². The fraction of sp³-hybridized carbons (Fsp3) is 0.833. The molecular weight excluding hydrogens is 202 g/mol. The fourth-order valence-corrected chi connectivity index (χ4v) is 1.41. The van der Waals surface area contributed by atoms with Gasteiger partial charge in [-0.1, -0.05) is 27.2 Å². The third-order valence-corrected chi connectivity index (χ3v) is 2.77. The van der Waals surface area contributed by atoms with Crippen LogP contribution in [0.15, 0.2) is 4.42 Å². The van der Waals surface area contributed by atoms with Gasteiger partial charge in [-0.3, -0.25) is 0 Å². The van der Waals surface area contributed by atoms with E-state index in [-0.39, 0.29) is 6.04 Å². The molecule has 2 unspecified atom stereocenters. The van der Waals surface area contributed by atoms with Gasteiger partial charge in [0.15, 0.2) is 0 Å². The van der Waals surface area contributed by atoms with E-state index in [1.165, 1.54) is 0 Å². The van der Waals surface area contributed by atoms with E-state index in [4.69, 9.17) is 4.42 Å². The molecule has 0 amide bonds. The summed E-state index contributed by atoms with van der Waals surface area (Å²) in [5, 5.41) is 11.5. The minimum atomic E-state index is 0.151. The molecule has 1 rings (SSSR count). The Bertz CT molecular complexity index is 298. The fourth-order valence-electron chi connectivity index (χ4n) is 1.41. The summed E-state index contributed by atoms with van der Waals surface area (Å²) in [4.78, 5) is 0. The number of rotatable bonds is 7. The SMILES string of the molecule is CCCNC(C)c1nnc(CC(C)CC)o1. The van der Waals surface area contributed by atoms with Crippen LogP contribution in [0.1, 0.15) is 58.4 Å². The molecule has 2 atom stereocenters. The van der Waals surface area contributed by atoms with Crippen LogP contribution in [-0.4, -0.2) is 16.7 Å². The summed E-state index contributed by atoms with van der Waals surface area (Å²) in [6.07, 6.45) is 3.13. The lowest BCUT2D eigenvalue weighted by Crippen LogP contribution is -2.19. The number of nitrogens with one attached hydrogen (secondary N) is 1. The van der Waals surface area contributed by atoms with Gasteiger partial charge in [-0.15, -0.1) is 10.2 Å². The van der Waals surface area contributed by atoms with Gasteiger partial charge < -0.3 is 9.73 Å². The number of hydrogen-bond donors (Lipinski definition) is 1. The van der Waals surface area contributed by atoms with Gasteiger partial charge in [0.2, 0.25) is 11.8 Å². The first-order valence-corrected chi connectivity index (χ1v) is 6.23. The minimum absolute atomic E-state index is 0.151. The molecule has 0 aliphatic rings. The van der Waals surface area contributed by atoms with Gasteiger partial charge in [0.05, 0.1) is 6.04 Å². The third kappa shape index (κ3) is 3.93. The highest BCUT2D eigenvalue weighted by Crippen LogP contribution is 2.14. The topological polar surface area (TPSA) is 51.0 Å². The van der Waals surface area contributed by atoms with E-state index in [1.807, 2.05) is 0 Å². The molecule has 1 N–H and O–H groups in total. The van der Waals surface area contributed by atoms with Gasteiger partial charge in [0, 0.05) is 6.42 Å². The van der Waals surface area contributed by atoms with Crippen molar-refractivity contribution >= 4 is 0 Å². The molecule has 0 aromatic carbocycles. The smallest absolute Gasteiger partial charge is 0.233 e. The molecule has 0 saturated heterocycles. The van der Waals surface area contributed by atoms with Crippen molar-refractivity contribution in [2.75, 3.05) is 6.54 Å². The van der Waals surface area contributed by atoms with Crippen molar-refractivity contribution in [1.82, 2.24) is 15.5 Å². The van der Waals surface area contributed by atoms with Crippen LogP contribution < -0.4 is 5.32 Å². The molecule has 1 aromatic heterocycles. The van der Waals surface area contributed by atoms with Gasteiger partial charge in [0.1, 0.15) is 0 Å². The standard InChI is InChI=1S/C12H23N3O/c1-5-7-13-10(4)12-15-14-11(16-12)8-9(3)6-2/h9-10,13H,5-8H2,1-4H3. The van der Waals surface area contributed by atoms with Gasteiger partial charge in [0.25, 0.3) is 0 Å². The quantitative estimate of drug-likeness (QED) is 0.775. The highest BCUT2D eigenvalue weighted by molar-refractivity contribution is 4.88. The molecule has 0 radical (unpaired) electrons. The van der Waals surface area contributed by atoms with Crippen LogP contribution in [0, 0.1) is 5.92 Å². The van der Waals surface area contributed by atoms with Crippen LogP contribution in [0.3, 0.4) is 0 Å². The molecule has 0 aliphatic heterocycles. The Kier molecular flexibility index (Phi) is 5.46. The zero-order valence-corrected chi connectivity index (χ0v) is 10.8. The molecule has 0 spiro atoms. The molecule has 0 aliphatic carbocycles. The zero-order chi connectivity index (χ0) is 12.0. The van der Waals surface area contributed by atoms with Crippen molar-refractivity contribution in [2.24, 2.45) is 5.92 Å². The number of nitrogens with zero attached hydrogens (tertiary/aromatic N) is 2. The zero-order valence-electron chi connectivity index (χ0n) is 10.8. The molecule has 4 nitrogen and oxygen atoms in total. The Morgan fingerprint density at radius 2 is 2.00 bits per heavy atom. The van der Waals surface area contributed by atoms with E-state index in [0.717, 1.165) is 31.7 Å². The first kappa shape index (κ1) is 13.2. The predicted octanol–water partition coefficient (Wildman–Crippen LogP) is 2.72. The van der Waals surface area contributed by atoms with Crippen molar-refractivity contribution < 1.29 is 4.42 Å². The second-order valence-electron chi connectivity index (χ2n) is 4.43. The van der Waals surface area contributed by atoms with Crippen LogP contribution in [-0.2, 0) is 6.42 Å². The number of hydrogen-bond acceptors (Lipinski definition) is 4. The monoisotopic (exact) mass is 225 g/mol. The summed E-state index contributed by atoms with van der Waals surface area (Å²) < 4.78 is 5.63. The second kappa shape index (κ2) is 6.63. The second-order valence-corrected chi connectivity index (χ2v) is 4.43. The van der Waals surface area contributed by atoms with E-state index in [0.29, 0.717) is 11.8 Å². The molecule has 92 valence electrons. The molecule has 0 fully saturated rings. The van der Waals surface area contributed by atoms with Crippen molar-refractivity contribution in [2.45, 2.75) is 53.0 Å². The molecule has 4 heteroatoms. The first-order valence-electron chi connectivity index (χ1n) is 6.23. The van der Waals surface area contributed by atoms with E-state index < -0.39 is 0 Å². The average molecular weight is 225 g/mol. The summed E-state index contributed by atoms with van der Waals surface area (Å²) in [6.45, 7) is 9.54. The van der Waals surface area contributed by atoms with Crippen molar-refractivity contribution in [3.63, 3.8) is 0 Å². The summed E-state index contributed by atoms with van der Waals surface area (Å²) in [6, 6.07) is 0.151. The van der Waals surface area contributed by atoms with Gasteiger partial charge in [-0.2, -0.15) is 0 Å². The van der Waals surface area contributed by atoms with Crippen LogP contribution in [0.5, 0.6) is 0 Å². The van der Waals surface area contributed by atoms with Crippen molar-refractivity contribution in [1.29, 1.82) is 0 Å². The van der Waals surface area contributed by atoms with Gasteiger partial charge in [-0.05, 0) is 25.8 Å². The number of aromatic nitrogens is 2. The van der Waals surface area contributed by atoms with Crippen molar-refractivity contribution in [3.8, 4) is 0 Å². The third-order valence-electron chi connectivity index (χ3n) is 2.77. The maximum atomic E-state index is 5.63. The Hall–Kier alpha value is -0.900. The maximum Gasteiger partial charge on any atom is 0.233 e. The maximum absolute atomic E-state index is 5.63. The van der Waals surface area contributed by atoms with E-state index >= 15 is 0 Å². The normalized spacial score (nSPS) is 15.0. The summed E-state index contributed by atoms with van der Waals surface area (Å²) in [7, 11) is 0. The average Bonchev–Trinajstić information content (AvgIpc) is 2.74. The molecule has 16 heavy (non-hydrogen) atoms. The largest absolute Gasteiger partial charge is 0.424 e. The molecule has 0 saturated carbocycles. The van der Waals surface area contributed by atoms with Crippen LogP contribution >= 0.6 is 0 Å². The van der Waals surface area contributed by atoms with Gasteiger partial charge in [-0.25, -0.2) is 0 Å². The first-order chi connectivity index (χ1) is 7.67. The summed E-state index contributed by atoms with van der Waals surface area (Å²) >= 11 is 0. The molecule has 1 aromatic rings. The highest BCUT2D eigenvalue weighted by Gasteiger charge is 2.14. The molecular formula is C12H23N3O. The Morgan fingerprint density at radius 3 is 2.62 bits per heavy atom. The Morgan fingerprint density at radius 1 is 1.25 bits per heavy atom. The lowest BCUT2D eigenvalue weighted by Gasteiger charge is -2.07. The van der Waals surface area contributed by atoms with E-state index in [9.17, 15) is 0 Å². The Labute approximate surface area is 97.8 Å². The summed E-state index contributed by atoms with van der Waals surface area (Å²) in [5.74, 6) is 2.06. The van der Waals surface area contributed by atoms with Crippen LogP contribution in [0.4, 0.5) is 0 Å².